The molecule has 1 aliphatic rings. The van der Waals surface area contributed by atoms with Gasteiger partial charge in [-0.1, -0.05) is 12.2 Å². The average Bonchev–Trinajstić information content (AvgIpc) is 2.95. The van der Waals surface area contributed by atoms with Crippen molar-refractivity contribution in [1.29, 1.82) is 0 Å². The van der Waals surface area contributed by atoms with E-state index in [9.17, 15) is 5.11 Å². The third-order valence-corrected chi connectivity index (χ3v) is 3.96. The van der Waals surface area contributed by atoms with Gasteiger partial charge in [-0.3, -0.25) is 4.90 Å². The van der Waals surface area contributed by atoms with Crippen molar-refractivity contribution in [2.45, 2.75) is 19.6 Å². The number of fused-ring (bicyclic) bond motifs is 1. The molecule has 6 heteroatoms. The summed E-state index contributed by atoms with van der Waals surface area (Å²) in [7, 11) is 0. The fourth-order valence-electron chi connectivity index (χ4n) is 2.85. The van der Waals surface area contributed by atoms with Crippen molar-refractivity contribution >= 4 is 16.9 Å². The molecular formula is C14H19N5O. The van der Waals surface area contributed by atoms with Crippen molar-refractivity contribution in [3.05, 3.63) is 30.2 Å². The molecule has 106 valence electrons. The van der Waals surface area contributed by atoms with E-state index in [1.807, 2.05) is 13.1 Å². The maximum absolute atomic E-state index is 10.1. The van der Waals surface area contributed by atoms with Gasteiger partial charge in [0.1, 0.15) is 11.8 Å². The summed E-state index contributed by atoms with van der Waals surface area (Å²) in [6.45, 7) is 8.13. The summed E-state index contributed by atoms with van der Waals surface area (Å²) in [5.41, 5.74) is 9.55. The van der Waals surface area contributed by atoms with Crippen molar-refractivity contribution in [2.75, 3.05) is 18.8 Å². The molecule has 0 saturated carbocycles. The smallest absolute Gasteiger partial charge is 0.151 e. The summed E-state index contributed by atoms with van der Waals surface area (Å²) in [5, 5.41) is 10.1. The quantitative estimate of drug-likeness (QED) is 0.723. The van der Waals surface area contributed by atoms with Gasteiger partial charge in [-0.2, -0.15) is 0 Å². The van der Waals surface area contributed by atoms with E-state index in [4.69, 9.17) is 5.73 Å². The minimum absolute atomic E-state index is 0.153. The van der Waals surface area contributed by atoms with Crippen LogP contribution in [-0.2, 0) is 6.54 Å². The standard InChI is InChI=1S/C14H19N5O/c1-8(2)10-5-19(6-11(10)20)4-9-3-16-13-12(9)17-7-18-14(13)15/h3,7,10-11,16,20H,1,4-6H2,2H3,(H2,15,17,18). The monoisotopic (exact) mass is 273 g/mol. The highest BCUT2D eigenvalue weighted by molar-refractivity contribution is 5.86. The number of nitrogens with zero attached hydrogens (tertiary/aromatic N) is 3. The first kappa shape index (κ1) is 13.1. The number of nitrogen functional groups attached to an aromatic ring is 1. The molecule has 3 rings (SSSR count). The molecule has 0 radical (unpaired) electrons. The Balaban J connectivity index is 1.81. The molecule has 0 aromatic carbocycles. The molecule has 0 amide bonds. The number of hydrogen-bond donors (Lipinski definition) is 3. The molecule has 1 aliphatic heterocycles. The zero-order chi connectivity index (χ0) is 14.3. The predicted molar refractivity (Wildman–Crippen MR) is 77.9 cm³/mol. The highest BCUT2D eigenvalue weighted by Gasteiger charge is 2.31. The topological polar surface area (TPSA) is 91.1 Å². The van der Waals surface area contributed by atoms with E-state index in [-0.39, 0.29) is 12.0 Å². The number of aliphatic hydroxyl groups excluding tert-OH is 1. The highest BCUT2D eigenvalue weighted by Crippen LogP contribution is 2.26. The summed E-state index contributed by atoms with van der Waals surface area (Å²) < 4.78 is 0. The maximum atomic E-state index is 10.1. The van der Waals surface area contributed by atoms with Crippen LogP contribution in [0.4, 0.5) is 5.82 Å². The molecule has 6 nitrogen and oxygen atoms in total. The molecule has 0 bridgehead atoms. The second kappa shape index (κ2) is 4.88. The summed E-state index contributed by atoms with van der Waals surface area (Å²) in [6.07, 6.45) is 3.05. The molecule has 2 aromatic rings. The van der Waals surface area contributed by atoms with Crippen LogP contribution in [-0.4, -0.2) is 44.2 Å². The first-order valence-electron chi connectivity index (χ1n) is 6.68. The lowest BCUT2D eigenvalue weighted by Crippen LogP contribution is -2.21. The van der Waals surface area contributed by atoms with Crippen LogP contribution in [0.25, 0.3) is 11.0 Å². The average molecular weight is 273 g/mol. The number of H-pyrrole nitrogens is 1. The first-order valence-corrected chi connectivity index (χ1v) is 6.68. The molecule has 20 heavy (non-hydrogen) atoms. The molecule has 1 saturated heterocycles. The lowest BCUT2D eigenvalue weighted by molar-refractivity contribution is 0.153. The minimum Gasteiger partial charge on any atom is -0.391 e. The number of aromatic amines is 1. The molecule has 0 aliphatic carbocycles. The summed E-state index contributed by atoms with van der Waals surface area (Å²) in [6, 6.07) is 0. The van der Waals surface area contributed by atoms with E-state index >= 15 is 0 Å². The van der Waals surface area contributed by atoms with E-state index in [0.29, 0.717) is 12.4 Å². The number of likely N-dealkylation sites (tertiary alicyclic amines) is 1. The van der Waals surface area contributed by atoms with Crippen LogP contribution in [0.15, 0.2) is 24.7 Å². The van der Waals surface area contributed by atoms with E-state index in [2.05, 4.69) is 26.4 Å². The lowest BCUT2D eigenvalue weighted by atomic mass is 9.99. The van der Waals surface area contributed by atoms with Gasteiger partial charge in [0.15, 0.2) is 5.82 Å². The second-order valence-corrected chi connectivity index (χ2v) is 5.51. The SMILES string of the molecule is C=C(C)C1CN(Cc2c[nH]c3c(N)ncnc23)CC1O. The van der Waals surface area contributed by atoms with Gasteiger partial charge in [-0.15, -0.1) is 0 Å². The van der Waals surface area contributed by atoms with E-state index in [1.165, 1.54) is 6.33 Å². The fourth-order valence-corrected chi connectivity index (χ4v) is 2.85. The number of aromatic nitrogens is 3. The third kappa shape index (κ3) is 2.17. The van der Waals surface area contributed by atoms with Gasteiger partial charge < -0.3 is 15.8 Å². The van der Waals surface area contributed by atoms with Crippen LogP contribution < -0.4 is 5.73 Å². The summed E-state index contributed by atoms with van der Waals surface area (Å²) >= 11 is 0. The van der Waals surface area contributed by atoms with Gasteiger partial charge in [-0.25, -0.2) is 9.97 Å². The molecule has 4 N–H and O–H groups in total. The van der Waals surface area contributed by atoms with E-state index in [1.54, 1.807) is 0 Å². The van der Waals surface area contributed by atoms with E-state index in [0.717, 1.165) is 35.3 Å². The Hall–Kier alpha value is -1.92. The van der Waals surface area contributed by atoms with Gasteiger partial charge in [0.05, 0.1) is 11.6 Å². The zero-order valence-corrected chi connectivity index (χ0v) is 11.5. The Kier molecular flexibility index (Phi) is 3.19. The Morgan fingerprint density at radius 2 is 2.35 bits per heavy atom. The predicted octanol–water partition coefficient (Wildman–Crippen LogP) is 0.909. The molecule has 2 atom stereocenters. The number of rotatable bonds is 3. The first-order chi connectivity index (χ1) is 9.56. The Bertz CT molecular complexity index is 650. The van der Waals surface area contributed by atoms with Crippen molar-refractivity contribution in [1.82, 2.24) is 19.9 Å². The molecule has 2 aromatic heterocycles. The van der Waals surface area contributed by atoms with Gasteiger partial charge in [0, 0.05) is 37.3 Å². The number of aliphatic hydroxyl groups is 1. The highest BCUT2D eigenvalue weighted by atomic mass is 16.3. The van der Waals surface area contributed by atoms with Crippen LogP contribution in [0.2, 0.25) is 0 Å². The van der Waals surface area contributed by atoms with Crippen molar-refractivity contribution in [2.24, 2.45) is 5.92 Å². The molecule has 0 spiro atoms. The van der Waals surface area contributed by atoms with Crippen LogP contribution in [0.1, 0.15) is 12.5 Å². The van der Waals surface area contributed by atoms with E-state index < -0.39 is 0 Å². The molecule has 1 fully saturated rings. The van der Waals surface area contributed by atoms with Gasteiger partial charge >= 0.3 is 0 Å². The van der Waals surface area contributed by atoms with Crippen molar-refractivity contribution in [3.8, 4) is 0 Å². The lowest BCUT2D eigenvalue weighted by Gasteiger charge is -2.14. The van der Waals surface area contributed by atoms with Crippen molar-refractivity contribution < 1.29 is 5.11 Å². The van der Waals surface area contributed by atoms with Crippen LogP contribution in [0, 0.1) is 5.92 Å². The largest absolute Gasteiger partial charge is 0.391 e. The summed E-state index contributed by atoms with van der Waals surface area (Å²) in [5.74, 6) is 0.613. The molecular weight excluding hydrogens is 254 g/mol. The maximum Gasteiger partial charge on any atom is 0.151 e. The second-order valence-electron chi connectivity index (χ2n) is 5.51. The molecule has 3 heterocycles. The van der Waals surface area contributed by atoms with Gasteiger partial charge in [0.25, 0.3) is 0 Å². The minimum atomic E-state index is -0.336. The number of nitrogens with two attached hydrogens (primary N) is 1. The number of nitrogens with one attached hydrogen (secondary N) is 1. The fraction of sp³-hybridized carbons (Fsp3) is 0.429. The Morgan fingerprint density at radius 3 is 3.05 bits per heavy atom. The number of hydrogen-bond acceptors (Lipinski definition) is 5. The van der Waals surface area contributed by atoms with Gasteiger partial charge in [-0.05, 0) is 6.92 Å². The third-order valence-electron chi connectivity index (χ3n) is 3.96. The summed E-state index contributed by atoms with van der Waals surface area (Å²) in [4.78, 5) is 13.6. The Morgan fingerprint density at radius 1 is 1.55 bits per heavy atom. The Labute approximate surface area is 117 Å². The zero-order valence-electron chi connectivity index (χ0n) is 11.5. The van der Waals surface area contributed by atoms with Crippen molar-refractivity contribution in [3.63, 3.8) is 0 Å². The van der Waals surface area contributed by atoms with Crippen LogP contribution >= 0.6 is 0 Å². The number of anilines is 1. The number of β-amino-alcohol motifs (C(OH)–C–C–N with tert-alkyl or cyclic N) is 1. The van der Waals surface area contributed by atoms with Crippen LogP contribution in [0.3, 0.4) is 0 Å². The van der Waals surface area contributed by atoms with Crippen LogP contribution in [0.5, 0.6) is 0 Å². The normalized spacial score (nSPS) is 23.5. The van der Waals surface area contributed by atoms with Gasteiger partial charge in [0.2, 0.25) is 0 Å². The molecule has 2 unspecified atom stereocenters.